The van der Waals surface area contributed by atoms with Gasteiger partial charge in [-0.3, -0.25) is 19.2 Å². The Balaban J connectivity index is 1.69. The van der Waals surface area contributed by atoms with Crippen molar-refractivity contribution in [1.82, 2.24) is 4.90 Å². The van der Waals surface area contributed by atoms with Crippen molar-refractivity contribution in [3.63, 3.8) is 0 Å². The van der Waals surface area contributed by atoms with Gasteiger partial charge in [0.2, 0.25) is 5.79 Å². The van der Waals surface area contributed by atoms with Gasteiger partial charge in [0.1, 0.15) is 30.1 Å². The lowest BCUT2D eigenvalue weighted by molar-refractivity contribution is -0.266. The Morgan fingerprint density at radius 3 is 2.21 bits per heavy atom. The number of allylic oxidation sites excluding steroid dienone is 6. The number of hydrogen-bond acceptors (Lipinski definition) is 17. The molecule has 18 nitrogen and oxygen atoms in total. The van der Waals surface area contributed by atoms with Crippen molar-refractivity contribution >= 4 is 29.2 Å². The number of piperidine rings is 1. The summed E-state index contributed by atoms with van der Waals surface area (Å²) in [5.41, 5.74) is 1.20. The van der Waals surface area contributed by atoms with Crippen molar-refractivity contribution in [3.05, 3.63) is 47.6 Å². The molecule has 3 aliphatic heterocycles. The molecule has 0 aromatic heterocycles. The number of nitrogens with zero attached hydrogens (tertiary/aromatic N) is 1. The number of Topliss-reactive ketones (excluding diaryl/α,β-unsaturated/α-hetero) is 3. The fourth-order valence-electron chi connectivity index (χ4n) is 11.1. The van der Waals surface area contributed by atoms with Crippen molar-refractivity contribution < 1.29 is 82.3 Å². The number of ether oxygens (including phenoxy) is 8. The highest BCUT2D eigenvalue weighted by Crippen LogP contribution is 2.38. The number of methoxy groups -OCH3 is 2. The van der Waals surface area contributed by atoms with Crippen LogP contribution in [0.4, 0.5) is 0 Å². The Morgan fingerprint density at radius 2 is 1.51 bits per heavy atom. The number of ketones is 3. The molecule has 1 saturated carbocycles. The van der Waals surface area contributed by atoms with Crippen LogP contribution in [0.5, 0.6) is 0 Å². The van der Waals surface area contributed by atoms with Gasteiger partial charge >= 0.3 is 5.97 Å². The summed E-state index contributed by atoms with van der Waals surface area (Å²) >= 11 is 0. The Hall–Kier alpha value is -3.53. The van der Waals surface area contributed by atoms with E-state index in [1.54, 1.807) is 34.0 Å². The van der Waals surface area contributed by atoms with Crippen molar-refractivity contribution in [2.45, 2.75) is 186 Å². The number of rotatable bonds is 18. The number of aliphatic hydroxyl groups is 4. The van der Waals surface area contributed by atoms with Crippen LogP contribution >= 0.6 is 0 Å². The third-order valence-electron chi connectivity index (χ3n) is 16.0. The van der Waals surface area contributed by atoms with Gasteiger partial charge in [-0.1, -0.05) is 71.1 Å². The minimum atomic E-state index is -2.50. The average Bonchev–Trinajstić information content (AvgIpc) is 3.41. The Morgan fingerprint density at radius 1 is 0.779 bits per heavy atom. The van der Waals surface area contributed by atoms with Gasteiger partial charge in [-0.05, 0) is 113 Å². The fraction of sp³-hybridized carbons (Fsp3) is 0.780. The van der Waals surface area contributed by atoms with E-state index >= 15 is 0 Å². The summed E-state index contributed by atoms with van der Waals surface area (Å²) in [6.45, 7) is 14.3. The summed E-state index contributed by atoms with van der Waals surface area (Å²) in [6.07, 6.45) is 12.0. The fourth-order valence-corrected chi connectivity index (χ4v) is 11.1. The van der Waals surface area contributed by atoms with Crippen LogP contribution in [0, 0.1) is 35.5 Å². The van der Waals surface area contributed by atoms with Gasteiger partial charge in [-0.2, -0.15) is 0 Å². The van der Waals surface area contributed by atoms with E-state index in [9.17, 15) is 39.3 Å². The van der Waals surface area contributed by atoms with Crippen molar-refractivity contribution in [2.75, 3.05) is 73.6 Å². The first-order valence-corrected chi connectivity index (χ1v) is 28.4. The van der Waals surface area contributed by atoms with Crippen LogP contribution in [0.1, 0.15) is 132 Å². The van der Waals surface area contributed by atoms with Gasteiger partial charge in [0.15, 0.2) is 5.78 Å². The second-order valence-electron chi connectivity index (χ2n) is 22.1. The second kappa shape index (κ2) is 33.9. The molecule has 1 unspecified atom stereocenters. The van der Waals surface area contributed by atoms with E-state index in [0.29, 0.717) is 76.8 Å². The van der Waals surface area contributed by atoms with Gasteiger partial charge in [-0.25, -0.2) is 4.79 Å². The van der Waals surface area contributed by atoms with Crippen LogP contribution in [0.2, 0.25) is 0 Å². The maximum absolute atomic E-state index is 14.6. The molecule has 3 heterocycles. The number of amides is 1. The first-order valence-electron chi connectivity index (χ1n) is 28.4. The summed E-state index contributed by atoms with van der Waals surface area (Å²) in [5.74, 6) is -8.28. The van der Waals surface area contributed by atoms with Crippen LogP contribution in [0.3, 0.4) is 0 Å². The first-order chi connectivity index (χ1) is 36.8. The van der Waals surface area contributed by atoms with Crippen molar-refractivity contribution in [3.8, 4) is 0 Å². The molecule has 1 amide bonds. The molecule has 0 radical (unpaired) electrons. The molecule has 77 heavy (non-hydrogen) atoms. The topological polar surface area (TPSA) is 243 Å². The maximum Gasteiger partial charge on any atom is 0.329 e. The van der Waals surface area contributed by atoms with Crippen molar-refractivity contribution in [2.24, 2.45) is 35.5 Å². The zero-order valence-corrected chi connectivity index (χ0v) is 47.6. The van der Waals surface area contributed by atoms with E-state index in [0.717, 1.165) is 18.4 Å². The van der Waals surface area contributed by atoms with E-state index in [1.807, 2.05) is 58.1 Å². The smallest absolute Gasteiger partial charge is 0.329 e. The van der Waals surface area contributed by atoms with Crippen molar-refractivity contribution in [1.29, 1.82) is 0 Å². The predicted molar refractivity (Wildman–Crippen MR) is 288 cm³/mol. The van der Waals surface area contributed by atoms with Crippen LogP contribution in [-0.2, 0) is 61.9 Å². The summed E-state index contributed by atoms with van der Waals surface area (Å²) in [7, 11) is 3.02. The van der Waals surface area contributed by atoms with Gasteiger partial charge in [-0.15, -0.1) is 0 Å². The van der Waals surface area contributed by atoms with E-state index in [4.69, 9.17) is 43.0 Å². The molecule has 2 bridgehead atoms. The van der Waals surface area contributed by atoms with Crippen LogP contribution in [0.15, 0.2) is 47.6 Å². The number of carbonyl (C=O) groups excluding carboxylic acids is 5. The molecule has 0 aromatic rings. The highest BCUT2D eigenvalue weighted by Gasteiger charge is 2.53. The van der Waals surface area contributed by atoms with Gasteiger partial charge in [0.25, 0.3) is 11.7 Å². The van der Waals surface area contributed by atoms with Gasteiger partial charge < -0.3 is 63.2 Å². The zero-order chi connectivity index (χ0) is 56.7. The second-order valence-corrected chi connectivity index (χ2v) is 22.1. The minimum absolute atomic E-state index is 0.0222. The predicted octanol–water partition coefficient (Wildman–Crippen LogP) is 5.98. The van der Waals surface area contributed by atoms with Gasteiger partial charge in [0, 0.05) is 64.6 Å². The number of cyclic esters (lactones) is 1. The summed E-state index contributed by atoms with van der Waals surface area (Å²) in [5, 5.41) is 42.1. The third kappa shape index (κ3) is 20.2. The largest absolute Gasteiger partial charge is 0.460 e. The molecule has 3 fully saturated rings. The lowest BCUT2D eigenvalue weighted by Gasteiger charge is -2.43. The average molecular weight is 1090 g/mol. The maximum atomic E-state index is 14.6. The molecule has 0 spiro atoms. The van der Waals surface area contributed by atoms with E-state index in [1.165, 1.54) is 12.0 Å². The summed E-state index contributed by atoms with van der Waals surface area (Å²) < 4.78 is 47.5. The molecule has 15 atom stereocenters. The molecule has 2 saturated heterocycles. The number of aliphatic hydroxyl groups excluding tert-OH is 3. The van der Waals surface area contributed by atoms with E-state index in [2.05, 4.69) is 0 Å². The van der Waals surface area contributed by atoms with E-state index < -0.39 is 77.8 Å². The number of fused-ring (bicyclic) bond motifs is 3. The van der Waals surface area contributed by atoms with Crippen LogP contribution < -0.4 is 0 Å². The lowest BCUT2D eigenvalue weighted by atomic mass is 9.78. The molecule has 438 valence electrons. The molecule has 0 aromatic carbocycles. The molecule has 4 rings (SSSR count). The zero-order valence-electron chi connectivity index (χ0n) is 47.6. The summed E-state index contributed by atoms with van der Waals surface area (Å²) in [6, 6.07) is -1.18. The molecule has 4 aliphatic rings. The standard InChI is InChI=1S/C59H95NO17/c1-38-16-11-10-12-17-39(2)50(75-31-30-73-29-28-72-27-25-62)36-46-21-19-44(7)59(69,77-46)56(66)57(67)60-23-14-13-18-47(60)58(68)76-51(41(4)34-45-20-22-49(52(35-45)70-8)74-26-15-24-61)37-48(63)40(3)33-43(6)54(65)55(71-9)53(64)42(5)32-38/h10-12,16-17,33,38,40-42,44-47,49-52,54-55,61-62,65,69H,13-15,18-32,34-37H2,1-9H3/b12-10+,16-11+,39-17+,43-33+/t38-,40-,41-,42-,44-,45+,46+,47+,49-,50?,51+,52-,54-,55+,59-/m1/s1. The Bertz CT molecular complexity index is 1970. The monoisotopic (exact) mass is 1090 g/mol. The highest BCUT2D eigenvalue weighted by atomic mass is 16.6. The number of hydrogen-bond donors (Lipinski definition) is 4. The molecule has 18 heteroatoms. The quantitative estimate of drug-likeness (QED) is 0.0534. The SMILES string of the molecule is CO[C@@H]1C[C@H](C[C@@H](C)[C@@H]2CC(=O)[C@H](C)/C=C(\C)[C@@H](O)[C@@H](OC)C(=O)[C@H](C)C[C@H](C)/C=C/C=C/C=C(\C)C(OCCOCCOCCO)C[C@@H]3CC[C@@H](C)[C@@](O)(O3)C(=O)C(=O)N3CCCC[C@H]3C(=O)O2)CC[C@H]1OCCCO. The number of carbonyl (C=O) groups is 5. The first kappa shape index (κ1) is 66.0. The lowest BCUT2D eigenvalue weighted by Crippen LogP contribution is -2.61. The number of esters is 1. The van der Waals surface area contributed by atoms with Gasteiger partial charge in [0.05, 0.1) is 64.1 Å². The minimum Gasteiger partial charge on any atom is -0.460 e. The molecular formula is C59H95NO17. The summed E-state index contributed by atoms with van der Waals surface area (Å²) in [4.78, 5) is 73.0. The van der Waals surface area contributed by atoms with Crippen LogP contribution in [0.25, 0.3) is 0 Å². The highest BCUT2D eigenvalue weighted by molar-refractivity contribution is 6.39. The third-order valence-corrected chi connectivity index (χ3v) is 16.0. The molecule has 1 aliphatic carbocycles. The Kier molecular flexibility index (Phi) is 29.1. The molecule has 4 N–H and O–H groups in total. The normalized spacial score (nSPS) is 36.0. The van der Waals surface area contributed by atoms with E-state index in [-0.39, 0.29) is 100 Å². The Labute approximate surface area is 458 Å². The molecular weight excluding hydrogens is 995 g/mol. The van der Waals surface area contributed by atoms with Crippen LogP contribution in [-0.4, -0.2) is 183 Å².